The second kappa shape index (κ2) is 12.1. The van der Waals surface area contributed by atoms with Crippen LogP contribution in [0.4, 0.5) is 0 Å². The zero-order valence-electron chi connectivity index (χ0n) is 19.4. The molecule has 1 aromatic carbocycles. The number of benzene rings is 1. The van der Waals surface area contributed by atoms with Crippen LogP contribution in [0.15, 0.2) is 30.3 Å². The van der Waals surface area contributed by atoms with E-state index in [-0.39, 0.29) is 25.3 Å². The van der Waals surface area contributed by atoms with Crippen LogP contribution in [0.2, 0.25) is 0 Å². The van der Waals surface area contributed by atoms with Gasteiger partial charge in [-0.15, -0.1) is 0 Å². The number of nitrogens with zero attached hydrogens (tertiary/aromatic N) is 1. The summed E-state index contributed by atoms with van der Waals surface area (Å²) in [5.41, 5.74) is 11.5. The molecule has 1 aliphatic rings. The van der Waals surface area contributed by atoms with Crippen LogP contribution >= 0.6 is 0 Å². The molecule has 11 nitrogen and oxygen atoms in total. The highest BCUT2D eigenvalue weighted by molar-refractivity contribution is 5.95. The van der Waals surface area contributed by atoms with Crippen molar-refractivity contribution in [3.05, 3.63) is 35.9 Å². The maximum atomic E-state index is 13.3. The molecule has 0 radical (unpaired) electrons. The number of nitrogens with one attached hydrogen (secondary N) is 2. The zero-order chi connectivity index (χ0) is 25.4. The van der Waals surface area contributed by atoms with Crippen molar-refractivity contribution in [3.63, 3.8) is 0 Å². The molecule has 0 spiro atoms. The average molecular weight is 476 g/mol. The van der Waals surface area contributed by atoms with Crippen LogP contribution in [0.5, 0.6) is 0 Å². The summed E-state index contributed by atoms with van der Waals surface area (Å²) in [4.78, 5) is 62.8. The minimum absolute atomic E-state index is 0.147. The summed E-state index contributed by atoms with van der Waals surface area (Å²) in [5, 5.41) is 14.7. The molecule has 0 bridgehead atoms. The van der Waals surface area contributed by atoms with Crippen molar-refractivity contribution in [2.75, 3.05) is 6.54 Å². The van der Waals surface area contributed by atoms with Gasteiger partial charge in [0.05, 0.1) is 12.5 Å². The molecule has 0 saturated carbocycles. The van der Waals surface area contributed by atoms with E-state index in [1.54, 1.807) is 38.1 Å². The van der Waals surface area contributed by atoms with Crippen molar-refractivity contribution >= 4 is 29.6 Å². The Hall–Kier alpha value is -3.47. The number of carboxylic acids is 1. The molecule has 1 saturated heterocycles. The topological polar surface area (TPSA) is 185 Å². The molecule has 186 valence electrons. The minimum Gasteiger partial charge on any atom is -0.480 e. The number of amides is 4. The van der Waals surface area contributed by atoms with Gasteiger partial charge in [0.25, 0.3) is 0 Å². The molecule has 4 atom stereocenters. The summed E-state index contributed by atoms with van der Waals surface area (Å²) in [6.45, 7) is 3.70. The number of hydrogen-bond donors (Lipinski definition) is 5. The molecule has 4 amide bonds. The molecule has 2 rings (SSSR count). The summed E-state index contributed by atoms with van der Waals surface area (Å²) < 4.78 is 0. The second-order valence-corrected chi connectivity index (χ2v) is 8.79. The molecule has 0 aromatic heterocycles. The second-order valence-electron chi connectivity index (χ2n) is 8.79. The first-order valence-corrected chi connectivity index (χ1v) is 11.2. The number of likely N-dealkylation sites (tertiary alicyclic amines) is 1. The Bertz CT molecular complexity index is 906. The standard InChI is InChI=1S/C23H33N5O6/c1-13(2)19(27-20(30)15(24)12-18(25)29)21(31)26-16(11-14-7-4-3-5-8-14)22(32)28-10-6-9-17(28)23(33)34/h3-5,7-8,13,15-17,19H,6,9-12,24H2,1-2H3,(H2,25,29)(H,26,31)(H,27,30)(H,33,34). The maximum Gasteiger partial charge on any atom is 0.326 e. The molecule has 7 N–H and O–H groups in total. The number of carbonyl (C=O) groups is 5. The largest absolute Gasteiger partial charge is 0.480 e. The number of hydrogen-bond acceptors (Lipinski definition) is 6. The van der Waals surface area contributed by atoms with E-state index in [1.807, 2.05) is 6.07 Å². The van der Waals surface area contributed by atoms with Gasteiger partial charge in [0.15, 0.2) is 0 Å². The van der Waals surface area contributed by atoms with Crippen LogP contribution in [0, 0.1) is 5.92 Å². The number of aliphatic carboxylic acids is 1. The Balaban J connectivity index is 2.22. The number of nitrogens with two attached hydrogens (primary N) is 2. The molecule has 1 fully saturated rings. The third kappa shape index (κ3) is 7.27. The SMILES string of the molecule is CC(C)C(NC(=O)C(N)CC(N)=O)C(=O)NC(Cc1ccccc1)C(=O)N1CCCC1C(=O)O. The third-order valence-electron chi connectivity index (χ3n) is 5.72. The van der Waals surface area contributed by atoms with Gasteiger partial charge in [-0.2, -0.15) is 0 Å². The predicted octanol–water partition coefficient (Wildman–Crippen LogP) is -0.867. The van der Waals surface area contributed by atoms with Crippen molar-refractivity contribution in [1.82, 2.24) is 15.5 Å². The van der Waals surface area contributed by atoms with E-state index < -0.39 is 53.8 Å². The van der Waals surface area contributed by atoms with Crippen molar-refractivity contribution in [1.29, 1.82) is 0 Å². The van der Waals surface area contributed by atoms with Crippen LogP contribution in [-0.2, 0) is 30.4 Å². The lowest BCUT2D eigenvalue weighted by Gasteiger charge is -2.30. The number of carbonyl (C=O) groups excluding carboxylic acids is 4. The van der Waals surface area contributed by atoms with Gasteiger partial charge >= 0.3 is 5.97 Å². The lowest BCUT2D eigenvalue weighted by Crippen LogP contribution is -2.59. The van der Waals surface area contributed by atoms with Gasteiger partial charge in [0, 0.05) is 13.0 Å². The van der Waals surface area contributed by atoms with E-state index in [0.29, 0.717) is 12.8 Å². The van der Waals surface area contributed by atoms with Crippen molar-refractivity contribution in [2.45, 2.75) is 63.7 Å². The van der Waals surface area contributed by atoms with E-state index in [2.05, 4.69) is 10.6 Å². The van der Waals surface area contributed by atoms with E-state index in [9.17, 15) is 29.1 Å². The number of carboxylic acid groups (broad SMARTS) is 1. The van der Waals surface area contributed by atoms with Crippen LogP contribution in [-0.4, -0.2) is 70.3 Å². The lowest BCUT2D eigenvalue weighted by molar-refractivity contribution is -0.149. The van der Waals surface area contributed by atoms with Crippen LogP contribution < -0.4 is 22.1 Å². The smallest absolute Gasteiger partial charge is 0.326 e. The summed E-state index contributed by atoms with van der Waals surface area (Å²) >= 11 is 0. The van der Waals surface area contributed by atoms with Gasteiger partial charge in [-0.25, -0.2) is 4.79 Å². The lowest BCUT2D eigenvalue weighted by atomic mass is 10.00. The fourth-order valence-electron chi connectivity index (χ4n) is 3.90. The van der Waals surface area contributed by atoms with Gasteiger partial charge in [-0.1, -0.05) is 44.2 Å². The van der Waals surface area contributed by atoms with Crippen LogP contribution in [0.25, 0.3) is 0 Å². The highest BCUT2D eigenvalue weighted by atomic mass is 16.4. The van der Waals surface area contributed by atoms with Crippen LogP contribution in [0.1, 0.15) is 38.7 Å². The predicted molar refractivity (Wildman–Crippen MR) is 123 cm³/mol. The Kier molecular flexibility index (Phi) is 9.55. The molecular weight excluding hydrogens is 442 g/mol. The number of rotatable bonds is 11. The first-order valence-electron chi connectivity index (χ1n) is 11.2. The first-order chi connectivity index (χ1) is 16.0. The Morgan fingerprint density at radius 1 is 1.09 bits per heavy atom. The van der Waals surface area contributed by atoms with Gasteiger partial charge in [-0.05, 0) is 24.3 Å². The maximum absolute atomic E-state index is 13.3. The van der Waals surface area contributed by atoms with Crippen molar-refractivity contribution < 1.29 is 29.1 Å². The monoisotopic (exact) mass is 475 g/mol. The van der Waals surface area contributed by atoms with E-state index in [1.165, 1.54) is 4.90 Å². The highest BCUT2D eigenvalue weighted by Gasteiger charge is 2.38. The summed E-state index contributed by atoms with van der Waals surface area (Å²) in [7, 11) is 0. The molecule has 1 aromatic rings. The van der Waals surface area contributed by atoms with Crippen molar-refractivity contribution in [2.24, 2.45) is 17.4 Å². The van der Waals surface area contributed by atoms with E-state index in [0.717, 1.165) is 5.56 Å². The third-order valence-corrected chi connectivity index (χ3v) is 5.72. The first kappa shape index (κ1) is 26.8. The van der Waals surface area contributed by atoms with Crippen LogP contribution in [0.3, 0.4) is 0 Å². The van der Waals surface area contributed by atoms with Gasteiger partial charge in [-0.3, -0.25) is 19.2 Å². The fourth-order valence-corrected chi connectivity index (χ4v) is 3.90. The van der Waals surface area contributed by atoms with Crippen molar-refractivity contribution in [3.8, 4) is 0 Å². The highest BCUT2D eigenvalue weighted by Crippen LogP contribution is 2.20. The summed E-state index contributed by atoms with van der Waals surface area (Å²) in [5.74, 6) is -4.04. The molecule has 0 aliphatic carbocycles. The normalized spacial score (nSPS) is 18.1. The molecule has 34 heavy (non-hydrogen) atoms. The Labute approximate surface area is 198 Å². The number of primary amides is 1. The van der Waals surface area contributed by atoms with E-state index in [4.69, 9.17) is 11.5 Å². The quantitative estimate of drug-likeness (QED) is 0.275. The molecular formula is C23H33N5O6. The Morgan fingerprint density at radius 3 is 2.29 bits per heavy atom. The molecule has 4 unspecified atom stereocenters. The molecule has 1 aliphatic heterocycles. The minimum atomic E-state index is -1.21. The summed E-state index contributed by atoms with van der Waals surface area (Å²) in [6.07, 6.45) is 0.666. The molecule has 11 heteroatoms. The summed E-state index contributed by atoms with van der Waals surface area (Å²) in [6, 6.07) is 4.78. The fraction of sp³-hybridized carbons (Fsp3) is 0.522. The zero-order valence-corrected chi connectivity index (χ0v) is 19.4. The molecule has 1 heterocycles. The van der Waals surface area contributed by atoms with Gasteiger partial charge in [0.1, 0.15) is 18.1 Å². The van der Waals surface area contributed by atoms with E-state index >= 15 is 0 Å². The average Bonchev–Trinajstić information content (AvgIpc) is 3.26. The van der Waals surface area contributed by atoms with Gasteiger partial charge in [0.2, 0.25) is 23.6 Å². The van der Waals surface area contributed by atoms with Gasteiger partial charge < -0.3 is 32.1 Å². The Morgan fingerprint density at radius 2 is 1.74 bits per heavy atom.